The smallest absolute Gasteiger partial charge is 0.0419 e. The van der Waals surface area contributed by atoms with E-state index in [-0.39, 0.29) is 5.41 Å². The number of benzene rings is 1. The summed E-state index contributed by atoms with van der Waals surface area (Å²) in [6.45, 7) is 5.37. The van der Waals surface area contributed by atoms with E-state index >= 15 is 0 Å². The molecule has 1 aliphatic carbocycles. The van der Waals surface area contributed by atoms with Gasteiger partial charge in [0.15, 0.2) is 0 Å². The lowest BCUT2D eigenvalue weighted by molar-refractivity contribution is 0.642. The van der Waals surface area contributed by atoms with Gasteiger partial charge in [-0.3, -0.25) is 4.99 Å². The number of nitrogens with two attached hydrogens (primary N) is 2. The van der Waals surface area contributed by atoms with E-state index < -0.39 is 0 Å². The molecule has 1 unspecified atom stereocenters. The topological polar surface area (TPSA) is 64.4 Å². The van der Waals surface area contributed by atoms with Crippen molar-refractivity contribution in [2.75, 3.05) is 0 Å². The summed E-state index contributed by atoms with van der Waals surface area (Å²) in [5.74, 6) is 0. The molecule has 0 saturated heterocycles. The number of rotatable bonds is 2. The van der Waals surface area contributed by atoms with Crippen molar-refractivity contribution in [1.82, 2.24) is 0 Å². The number of nitrogens with zero attached hydrogens (tertiary/aromatic N) is 1. The van der Waals surface area contributed by atoms with Crippen molar-refractivity contribution in [3.63, 3.8) is 0 Å². The number of hydrogen-bond acceptors (Lipinski definition) is 3. The summed E-state index contributed by atoms with van der Waals surface area (Å²) in [4.78, 5) is 4.21. The van der Waals surface area contributed by atoms with Crippen molar-refractivity contribution in [3.05, 3.63) is 60.6 Å². The number of fused-ring (bicyclic) bond motifs is 1. The van der Waals surface area contributed by atoms with Crippen LogP contribution in [0.5, 0.6) is 0 Å². The molecule has 0 aromatic heterocycles. The summed E-state index contributed by atoms with van der Waals surface area (Å²) in [6.07, 6.45) is 8.62. The SMILES string of the molecule is C=CN.CC1(C=N/C=C\N)CCc2ccccc21. The zero-order valence-electron chi connectivity index (χ0n) is 10.8. The molecule has 0 spiro atoms. The van der Waals surface area contributed by atoms with Crippen LogP contribution in [-0.4, -0.2) is 6.21 Å². The first-order chi connectivity index (χ1) is 8.68. The van der Waals surface area contributed by atoms with Gasteiger partial charge in [0, 0.05) is 24.0 Å². The fourth-order valence-electron chi connectivity index (χ4n) is 2.22. The van der Waals surface area contributed by atoms with Gasteiger partial charge in [-0.2, -0.15) is 0 Å². The van der Waals surface area contributed by atoms with Crippen molar-refractivity contribution in [2.24, 2.45) is 16.5 Å². The highest BCUT2D eigenvalue weighted by atomic mass is 14.7. The fourth-order valence-corrected chi connectivity index (χ4v) is 2.22. The molecular formula is C15H21N3. The lowest BCUT2D eigenvalue weighted by Gasteiger charge is -2.19. The summed E-state index contributed by atoms with van der Waals surface area (Å²) < 4.78 is 0. The molecule has 2 rings (SSSR count). The molecule has 96 valence electrons. The first kappa shape index (κ1) is 14.0. The molecule has 0 heterocycles. The van der Waals surface area contributed by atoms with Gasteiger partial charge >= 0.3 is 0 Å². The van der Waals surface area contributed by atoms with Gasteiger partial charge < -0.3 is 11.5 Å². The maximum absolute atomic E-state index is 5.26. The molecule has 0 bridgehead atoms. The van der Waals surface area contributed by atoms with E-state index in [1.165, 1.54) is 23.5 Å². The minimum Gasteiger partial charge on any atom is -0.405 e. The maximum Gasteiger partial charge on any atom is 0.0419 e. The minimum atomic E-state index is 0.0795. The molecule has 18 heavy (non-hydrogen) atoms. The summed E-state index contributed by atoms with van der Waals surface area (Å²) in [7, 11) is 0. The van der Waals surface area contributed by atoms with Crippen molar-refractivity contribution in [1.29, 1.82) is 0 Å². The molecule has 1 aromatic rings. The van der Waals surface area contributed by atoms with E-state index in [1.54, 1.807) is 6.20 Å². The van der Waals surface area contributed by atoms with Crippen LogP contribution in [0.1, 0.15) is 24.5 Å². The fraction of sp³-hybridized carbons (Fsp3) is 0.267. The lowest BCUT2D eigenvalue weighted by atomic mass is 9.85. The Morgan fingerprint density at radius 1 is 1.33 bits per heavy atom. The molecule has 0 aliphatic heterocycles. The predicted octanol–water partition coefficient (Wildman–Crippen LogP) is 2.48. The van der Waals surface area contributed by atoms with Crippen LogP contribution in [0.15, 0.2) is 54.4 Å². The zero-order valence-corrected chi connectivity index (χ0v) is 10.8. The molecule has 0 amide bonds. The largest absolute Gasteiger partial charge is 0.405 e. The van der Waals surface area contributed by atoms with Gasteiger partial charge in [-0.1, -0.05) is 37.8 Å². The van der Waals surface area contributed by atoms with Crippen LogP contribution in [0.3, 0.4) is 0 Å². The Morgan fingerprint density at radius 2 is 2.00 bits per heavy atom. The Morgan fingerprint density at radius 3 is 2.67 bits per heavy atom. The highest BCUT2D eigenvalue weighted by Crippen LogP contribution is 2.37. The van der Waals surface area contributed by atoms with E-state index in [4.69, 9.17) is 5.73 Å². The second-order valence-electron chi connectivity index (χ2n) is 4.43. The van der Waals surface area contributed by atoms with Crippen LogP contribution in [0, 0.1) is 0 Å². The Kier molecular flexibility index (Phi) is 5.18. The van der Waals surface area contributed by atoms with Crippen LogP contribution >= 0.6 is 0 Å². The molecule has 0 radical (unpaired) electrons. The molecule has 3 heteroatoms. The summed E-state index contributed by atoms with van der Waals surface area (Å²) >= 11 is 0. The monoisotopic (exact) mass is 243 g/mol. The lowest BCUT2D eigenvalue weighted by Crippen LogP contribution is -2.19. The maximum atomic E-state index is 5.26. The number of aryl methyl sites for hydroxylation is 1. The first-order valence-electron chi connectivity index (χ1n) is 6.00. The third-order valence-electron chi connectivity index (χ3n) is 3.08. The van der Waals surface area contributed by atoms with E-state index in [1.807, 2.05) is 6.21 Å². The van der Waals surface area contributed by atoms with Crippen molar-refractivity contribution in [2.45, 2.75) is 25.2 Å². The normalized spacial score (nSPS) is 21.6. The zero-order chi connectivity index (χ0) is 13.4. The third-order valence-corrected chi connectivity index (χ3v) is 3.08. The molecule has 0 fully saturated rings. The third kappa shape index (κ3) is 3.23. The summed E-state index contributed by atoms with van der Waals surface area (Å²) in [6, 6.07) is 8.59. The van der Waals surface area contributed by atoms with Crippen LogP contribution in [0.4, 0.5) is 0 Å². The minimum absolute atomic E-state index is 0.0795. The Labute approximate surface area is 109 Å². The molecule has 3 nitrogen and oxygen atoms in total. The molecule has 1 aromatic carbocycles. The standard InChI is InChI=1S/C13H16N2.C2H5N/c1-13(10-15-9-8-14)7-6-11-4-2-3-5-12(11)13;1-2-3/h2-5,8-10H,6-7,14H2,1H3;2H,1,3H2/b9-8-,15-10?;. The number of hydrogen-bond donors (Lipinski definition) is 2. The summed E-state index contributed by atoms with van der Waals surface area (Å²) in [5, 5.41) is 0. The van der Waals surface area contributed by atoms with Gasteiger partial charge in [-0.25, -0.2) is 0 Å². The van der Waals surface area contributed by atoms with E-state index in [2.05, 4.69) is 48.5 Å². The highest BCUT2D eigenvalue weighted by molar-refractivity contribution is 5.75. The van der Waals surface area contributed by atoms with Crippen molar-refractivity contribution >= 4 is 6.21 Å². The Hall–Kier alpha value is -2.03. The second kappa shape index (κ2) is 6.64. The second-order valence-corrected chi connectivity index (χ2v) is 4.43. The quantitative estimate of drug-likeness (QED) is 0.784. The highest BCUT2D eigenvalue weighted by Gasteiger charge is 2.31. The van der Waals surface area contributed by atoms with E-state index in [0.717, 1.165) is 12.8 Å². The van der Waals surface area contributed by atoms with E-state index in [9.17, 15) is 0 Å². The van der Waals surface area contributed by atoms with Gasteiger partial charge in [-0.15, -0.1) is 0 Å². The average Bonchev–Trinajstić information content (AvgIpc) is 2.70. The number of aliphatic imine (C=N–C) groups is 1. The molecule has 1 atom stereocenters. The van der Waals surface area contributed by atoms with Gasteiger partial charge in [-0.05, 0) is 30.2 Å². The predicted molar refractivity (Wildman–Crippen MR) is 78.3 cm³/mol. The van der Waals surface area contributed by atoms with Crippen molar-refractivity contribution < 1.29 is 0 Å². The van der Waals surface area contributed by atoms with E-state index in [0.29, 0.717) is 0 Å². The Balaban J connectivity index is 0.000000492. The van der Waals surface area contributed by atoms with Crippen LogP contribution < -0.4 is 11.5 Å². The van der Waals surface area contributed by atoms with Crippen molar-refractivity contribution in [3.8, 4) is 0 Å². The molecule has 4 N–H and O–H groups in total. The van der Waals surface area contributed by atoms with Crippen LogP contribution in [0.25, 0.3) is 0 Å². The Bertz CT molecular complexity index is 449. The molecule has 0 saturated carbocycles. The molecular weight excluding hydrogens is 222 g/mol. The van der Waals surface area contributed by atoms with Gasteiger partial charge in [0.25, 0.3) is 0 Å². The van der Waals surface area contributed by atoms with Crippen LogP contribution in [0.2, 0.25) is 0 Å². The van der Waals surface area contributed by atoms with Crippen LogP contribution in [-0.2, 0) is 11.8 Å². The summed E-state index contributed by atoms with van der Waals surface area (Å²) in [5.41, 5.74) is 12.8. The van der Waals surface area contributed by atoms with Gasteiger partial charge in [0.2, 0.25) is 0 Å². The van der Waals surface area contributed by atoms with Gasteiger partial charge in [0.05, 0.1) is 0 Å². The average molecular weight is 243 g/mol. The molecule has 1 aliphatic rings. The first-order valence-corrected chi connectivity index (χ1v) is 6.00. The van der Waals surface area contributed by atoms with Gasteiger partial charge in [0.1, 0.15) is 0 Å².